The SMILES string of the molecule is CNC(c1cc[nH]c1)C1(C(=O)OC)CC1. The van der Waals surface area contributed by atoms with Gasteiger partial charge in [-0.2, -0.15) is 0 Å². The number of hydrogen-bond acceptors (Lipinski definition) is 3. The molecule has 1 heterocycles. The summed E-state index contributed by atoms with van der Waals surface area (Å²) >= 11 is 0. The molecular formula is C11H16N2O2. The molecule has 1 atom stereocenters. The maximum Gasteiger partial charge on any atom is 0.313 e. The number of nitrogens with one attached hydrogen (secondary N) is 2. The van der Waals surface area contributed by atoms with Gasteiger partial charge in [-0.3, -0.25) is 4.79 Å². The molecule has 1 fully saturated rings. The highest BCUT2D eigenvalue weighted by atomic mass is 16.5. The van der Waals surface area contributed by atoms with Gasteiger partial charge in [0.05, 0.1) is 12.5 Å². The van der Waals surface area contributed by atoms with Crippen LogP contribution in [-0.2, 0) is 9.53 Å². The Balaban J connectivity index is 2.24. The minimum Gasteiger partial charge on any atom is -0.469 e. The molecule has 1 aliphatic carbocycles. The van der Waals surface area contributed by atoms with Crippen molar-refractivity contribution in [1.82, 2.24) is 10.3 Å². The summed E-state index contributed by atoms with van der Waals surface area (Å²) in [4.78, 5) is 14.7. The van der Waals surface area contributed by atoms with Crippen LogP contribution in [0.2, 0.25) is 0 Å². The first-order valence-electron chi connectivity index (χ1n) is 5.13. The van der Waals surface area contributed by atoms with Crippen LogP contribution >= 0.6 is 0 Å². The van der Waals surface area contributed by atoms with Crippen LogP contribution in [0.25, 0.3) is 0 Å². The van der Waals surface area contributed by atoms with Crippen LogP contribution in [0.3, 0.4) is 0 Å². The molecule has 1 aliphatic rings. The highest BCUT2D eigenvalue weighted by molar-refractivity contribution is 5.81. The Morgan fingerprint density at radius 1 is 1.67 bits per heavy atom. The summed E-state index contributed by atoms with van der Waals surface area (Å²) in [5.74, 6) is -0.108. The predicted molar refractivity (Wildman–Crippen MR) is 56.3 cm³/mol. The topological polar surface area (TPSA) is 54.1 Å². The number of hydrogen-bond donors (Lipinski definition) is 2. The van der Waals surface area contributed by atoms with E-state index in [4.69, 9.17) is 4.74 Å². The second-order valence-corrected chi connectivity index (χ2v) is 4.01. The minimum absolute atomic E-state index is 0.0520. The zero-order chi connectivity index (χ0) is 10.9. The van der Waals surface area contributed by atoms with Crippen LogP contribution in [0, 0.1) is 5.41 Å². The fraction of sp³-hybridized carbons (Fsp3) is 0.545. The number of rotatable bonds is 4. The number of aromatic nitrogens is 1. The molecule has 0 aliphatic heterocycles. The summed E-state index contributed by atoms with van der Waals surface area (Å²) in [6, 6.07) is 2.04. The standard InChI is InChI=1S/C11H16N2O2/c1-12-9(8-3-6-13-7-8)11(4-5-11)10(14)15-2/h3,6-7,9,12-13H,4-5H2,1-2H3. The first-order valence-corrected chi connectivity index (χ1v) is 5.13. The van der Waals surface area contributed by atoms with Crippen molar-refractivity contribution in [3.05, 3.63) is 24.0 Å². The number of carbonyl (C=O) groups excluding carboxylic acids is 1. The van der Waals surface area contributed by atoms with Crippen molar-refractivity contribution in [2.24, 2.45) is 5.41 Å². The van der Waals surface area contributed by atoms with Gasteiger partial charge in [-0.05, 0) is 31.5 Å². The van der Waals surface area contributed by atoms with Gasteiger partial charge in [-0.1, -0.05) is 0 Å². The Hall–Kier alpha value is -1.29. The van der Waals surface area contributed by atoms with Crippen molar-refractivity contribution in [2.45, 2.75) is 18.9 Å². The number of methoxy groups -OCH3 is 1. The lowest BCUT2D eigenvalue weighted by Gasteiger charge is -2.23. The number of carbonyl (C=O) groups is 1. The highest BCUT2D eigenvalue weighted by Gasteiger charge is 2.56. The number of esters is 1. The molecule has 2 N–H and O–H groups in total. The van der Waals surface area contributed by atoms with Crippen LogP contribution in [0.4, 0.5) is 0 Å². The first-order chi connectivity index (χ1) is 7.24. The summed E-state index contributed by atoms with van der Waals surface area (Å²) in [6.07, 6.45) is 5.59. The van der Waals surface area contributed by atoms with E-state index in [0.29, 0.717) is 0 Å². The molecule has 2 rings (SSSR count). The zero-order valence-corrected chi connectivity index (χ0v) is 9.04. The minimum atomic E-state index is -0.342. The largest absolute Gasteiger partial charge is 0.469 e. The molecule has 1 saturated carbocycles. The van der Waals surface area contributed by atoms with Gasteiger partial charge < -0.3 is 15.0 Å². The first kappa shape index (κ1) is 10.2. The Bertz CT molecular complexity index is 341. The molecule has 82 valence electrons. The van der Waals surface area contributed by atoms with E-state index in [-0.39, 0.29) is 17.4 Å². The molecule has 1 aromatic rings. The Kier molecular flexibility index (Phi) is 2.52. The van der Waals surface area contributed by atoms with Crippen LogP contribution in [-0.4, -0.2) is 25.1 Å². The maximum absolute atomic E-state index is 11.7. The second-order valence-electron chi connectivity index (χ2n) is 4.01. The summed E-state index contributed by atoms with van der Waals surface area (Å²) in [6.45, 7) is 0. The molecule has 1 unspecified atom stereocenters. The summed E-state index contributed by atoms with van der Waals surface area (Å²) in [7, 11) is 3.33. The van der Waals surface area contributed by atoms with E-state index in [9.17, 15) is 4.79 Å². The normalized spacial score (nSPS) is 19.6. The molecule has 0 aromatic carbocycles. The van der Waals surface area contributed by atoms with Gasteiger partial charge in [0.2, 0.25) is 0 Å². The maximum atomic E-state index is 11.7. The molecule has 4 nitrogen and oxygen atoms in total. The second kappa shape index (κ2) is 3.70. The average Bonchev–Trinajstić information content (AvgIpc) is 2.87. The third-order valence-electron chi connectivity index (χ3n) is 3.18. The highest BCUT2D eigenvalue weighted by Crippen LogP contribution is 2.55. The molecule has 4 heteroatoms. The molecular weight excluding hydrogens is 192 g/mol. The Morgan fingerprint density at radius 2 is 2.40 bits per heavy atom. The van der Waals surface area contributed by atoms with E-state index in [1.807, 2.05) is 25.5 Å². The molecule has 0 saturated heterocycles. The summed E-state index contributed by atoms with van der Waals surface area (Å²) in [5, 5.41) is 3.20. The van der Waals surface area contributed by atoms with Crippen molar-refractivity contribution in [3.63, 3.8) is 0 Å². The lowest BCUT2D eigenvalue weighted by Crippen LogP contribution is -2.33. The van der Waals surface area contributed by atoms with Crippen LogP contribution in [0.5, 0.6) is 0 Å². The fourth-order valence-corrected chi connectivity index (χ4v) is 2.23. The van der Waals surface area contributed by atoms with Crippen molar-refractivity contribution < 1.29 is 9.53 Å². The Labute approximate surface area is 89.0 Å². The van der Waals surface area contributed by atoms with Crippen molar-refractivity contribution in [3.8, 4) is 0 Å². The van der Waals surface area contributed by atoms with Crippen LogP contribution in [0.15, 0.2) is 18.5 Å². The number of aromatic amines is 1. The zero-order valence-electron chi connectivity index (χ0n) is 9.04. The molecule has 0 amide bonds. The van der Waals surface area contributed by atoms with E-state index in [1.165, 1.54) is 7.11 Å². The lowest BCUT2D eigenvalue weighted by molar-refractivity contribution is -0.148. The third kappa shape index (κ3) is 1.55. The van der Waals surface area contributed by atoms with Gasteiger partial charge in [-0.25, -0.2) is 0 Å². The molecule has 0 spiro atoms. The smallest absolute Gasteiger partial charge is 0.313 e. The van der Waals surface area contributed by atoms with Gasteiger partial charge in [0, 0.05) is 18.4 Å². The van der Waals surface area contributed by atoms with Crippen molar-refractivity contribution in [1.29, 1.82) is 0 Å². The van der Waals surface area contributed by atoms with Crippen molar-refractivity contribution in [2.75, 3.05) is 14.2 Å². The van der Waals surface area contributed by atoms with Gasteiger partial charge >= 0.3 is 5.97 Å². The predicted octanol–water partition coefficient (Wildman–Crippen LogP) is 1.23. The van der Waals surface area contributed by atoms with Crippen molar-refractivity contribution >= 4 is 5.97 Å². The quantitative estimate of drug-likeness (QED) is 0.732. The Morgan fingerprint density at radius 3 is 2.80 bits per heavy atom. The summed E-state index contributed by atoms with van der Waals surface area (Å²) < 4.78 is 4.87. The molecule has 1 aromatic heterocycles. The monoisotopic (exact) mass is 208 g/mol. The molecule has 0 radical (unpaired) electrons. The third-order valence-corrected chi connectivity index (χ3v) is 3.18. The fourth-order valence-electron chi connectivity index (χ4n) is 2.23. The van der Waals surface area contributed by atoms with E-state index in [1.54, 1.807) is 0 Å². The number of H-pyrrole nitrogens is 1. The average molecular weight is 208 g/mol. The molecule has 0 bridgehead atoms. The lowest BCUT2D eigenvalue weighted by atomic mass is 9.92. The van der Waals surface area contributed by atoms with E-state index >= 15 is 0 Å². The van der Waals surface area contributed by atoms with Crippen LogP contribution < -0.4 is 5.32 Å². The molecule has 15 heavy (non-hydrogen) atoms. The summed E-state index contributed by atoms with van der Waals surface area (Å²) in [5.41, 5.74) is 0.770. The van der Waals surface area contributed by atoms with Gasteiger partial charge in [0.25, 0.3) is 0 Å². The van der Waals surface area contributed by atoms with E-state index in [2.05, 4.69) is 10.3 Å². The van der Waals surface area contributed by atoms with Crippen LogP contribution in [0.1, 0.15) is 24.4 Å². The number of ether oxygens (including phenoxy) is 1. The van der Waals surface area contributed by atoms with E-state index < -0.39 is 0 Å². The van der Waals surface area contributed by atoms with Gasteiger partial charge in [0.1, 0.15) is 0 Å². The van der Waals surface area contributed by atoms with Gasteiger partial charge in [0.15, 0.2) is 0 Å². The van der Waals surface area contributed by atoms with Gasteiger partial charge in [-0.15, -0.1) is 0 Å². The van der Waals surface area contributed by atoms with E-state index in [0.717, 1.165) is 18.4 Å².